The number of unbranched alkanes of at least 4 members (excludes halogenated alkanes) is 1. The van der Waals surface area contributed by atoms with Gasteiger partial charge in [-0.1, -0.05) is 32.3 Å². The third kappa shape index (κ3) is 5.65. The van der Waals surface area contributed by atoms with Crippen molar-refractivity contribution in [2.45, 2.75) is 51.9 Å². The predicted octanol–water partition coefficient (Wildman–Crippen LogP) is 4.72. The first-order valence-corrected chi connectivity index (χ1v) is 7.13. The van der Waals surface area contributed by atoms with E-state index in [4.69, 9.17) is 0 Å². The molecular weight excluding hydrogens is 200 g/mol. The minimum Gasteiger partial charge on any atom is -0.179 e. The summed E-state index contributed by atoms with van der Waals surface area (Å²) >= 11 is 4.31. The maximum Gasteiger partial charge on any atom is -0.00721 e. The summed E-state index contributed by atoms with van der Waals surface area (Å²) in [5.41, 5.74) is 0. The molecule has 0 heterocycles. The average Bonchev–Trinajstić information content (AvgIpc) is 3.00. The molecule has 1 aliphatic carbocycles. The predicted molar refractivity (Wildman–Crippen MR) is 72.5 cm³/mol. The number of rotatable bonds is 9. The van der Waals surface area contributed by atoms with E-state index in [1.807, 2.05) is 0 Å². The van der Waals surface area contributed by atoms with E-state index in [-0.39, 0.29) is 0 Å². The lowest BCUT2D eigenvalue weighted by atomic mass is 10.0. The Morgan fingerprint density at radius 3 is 2.73 bits per heavy atom. The largest absolute Gasteiger partial charge is 0.179 e. The van der Waals surface area contributed by atoms with Gasteiger partial charge < -0.3 is 0 Å². The van der Waals surface area contributed by atoms with Gasteiger partial charge in [-0.25, -0.2) is 0 Å². The van der Waals surface area contributed by atoms with Crippen molar-refractivity contribution in [3.8, 4) is 0 Å². The molecule has 3 unspecified atom stereocenters. The summed E-state index contributed by atoms with van der Waals surface area (Å²) in [5, 5.41) is 0. The fraction of sp³-hybridized carbons (Fsp3) is 0.857. The van der Waals surface area contributed by atoms with E-state index in [1.165, 1.54) is 44.9 Å². The molecule has 0 radical (unpaired) electrons. The van der Waals surface area contributed by atoms with Crippen LogP contribution < -0.4 is 0 Å². The third-order valence-electron chi connectivity index (χ3n) is 3.64. The van der Waals surface area contributed by atoms with Crippen molar-refractivity contribution in [2.24, 2.45) is 17.8 Å². The van der Waals surface area contributed by atoms with Crippen molar-refractivity contribution in [3.05, 3.63) is 12.7 Å². The van der Waals surface area contributed by atoms with Crippen molar-refractivity contribution in [1.82, 2.24) is 0 Å². The summed E-state index contributed by atoms with van der Waals surface area (Å²) in [5.74, 6) is 3.97. The van der Waals surface area contributed by atoms with Crippen LogP contribution in [-0.2, 0) is 0 Å². The fourth-order valence-electron chi connectivity index (χ4n) is 2.34. The molecule has 0 saturated heterocycles. The maximum absolute atomic E-state index is 4.31. The summed E-state index contributed by atoms with van der Waals surface area (Å²) in [6.07, 6.45) is 11.9. The van der Waals surface area contributed by atoms with E-state index in [1.54, 1.807) is 0 Å². The van der Waals surface area contributed by atoms with E-state index >= 15 is 0 Å². The SMILES string of the molecule is C=CCCC1CC1CCCCC(C)CS. The molecule has 1 rings (SSSR count). The van der Waals surface area contributed by atoms with Crippen LogP contribution in [0.4, 0.5) is 0 Å². The number of hydrogen-bond acceptors (Lipinski definition) is 1. The summed E-state index contributed by atoms with van der Waals surface area (Å²) in [6, 6.07) is 0. The number of allylic oxidation sites excluding steroid dienone is 1. The first-order valence-electron chi connectivity index (χ1n) is 6.49. The van der Waals surface area contributed by atoms with Gasteiger partial charge in [-0.3, -0.25) is 0 Å². The van der Waals surface area contributed by atoms with Crippen molar-refractivity contribution < 1.29 is 0 Å². The van der Waals surface area contributed by atoms with E-state index < -0.39 is 0 Å². The van der Waals surface area contributed by atoms with Crippen molar-refractivity contribution in [1.29, 1.82) is 0 Å². The molecule has 0 nitrogen and oxygen atoms in total. The highest BCUT2D eigenvalue weighted by molar-refractivity contribution is 7.80. The topological polar surface area (TPSA) is 0 Å². The van der Waals surface area contributed by atoms with Crippen LogP contribution in [0.3, 0.4) is 0 Å². The van der Waals surface area contributed by atoms with Crippen LogP contribution in [-0.4, -0.2) is 5.75 Å². The zero-order valence-corrected chi connectivity index (χ0v) is 11.0. The van der Waals surface area contributed by atoms with Crippen LogP contribution in [0.15, 0.2) is 12.7 Å². The molecule has 0 aromatic heterocycles. The van der Waals surface area contributed by atoms with Crippen LogP contribution in [0, 0.1) is 17.8 Å². The molecule has 3 atom stereocenters. The molecule has 0 bridgehead atoms. The number of hydrogen-bond donors (Lipinski definition) is 1. The Morgan fingerprint density at radius 2 is 2.07 bits per heavy atom. The van der Waals surface area contributed by atoms with Crippen LogP contribution in [0.5, 0.6) is 0 Å². The Morgan fingerprint density at radius 1 is 1.33 bits per heavy atom. The summed E-state index contributed by atoms with van der Waals surface area (Å²) in [6.45, 7) is 6.09. The van der Waals surface area contributed by atoms with Gasteiger partial charge >= 0.3 is 0 Å². The first-order chi connectivity index (χ1) is 7.27. The standard InChI is InChI=1S/C14H26S/c1-3-4-8-13-10-14(13)9-6-5-7-12(2)11-15/h3,12-15H,1,4-11H2,2H3. The molecule has 1 aliphatic rings. The molecule has 0 aromatic rings. The molecule has 0 amide bonds. The Balaban J connectivity index is 1.88. The number of thiol groups is 1. The van der Waals surface area contributed by atoms with Gasteiger partial charge in [0, 0.05) is 0 Å². The van der Waals surface area contributed by atoms with E-state index in [0.717, 1.165) is 23.5 Å². The zero-order valence-electron chi connectivity index (χ0n) is 10.1. The molecule has 0 aromatic carbocycles. The molecule has 1 saturated carbocycles. The zero-order chi connectivity index (χ0) is 11.1. The smallest absolute Gasteiger partial charge is 0.00721 e. The lowest BCUT2D eigenvalue weighted by Crippen LogP contribution is -1.95. The summed E-state index contributed by atoms with van der Waals surface area (Å²) < 4.78 is 0. The van der Waals surface area contributed by atoms with Crippen molar-refractivity contribution in [2.75, 3.05) is 5.75 Å². The molecule has 1 fully saturated rings. The lowest BCUT2D eigenvalue weighted by Gasteiger charge is -2.06. The second kappa shape index (κ2) is 7.38. The molecule has 0 N–H and O–H groups in total. The van der Waals surface area contributed by atoms with Crippen molar-refractivity contribution in [3.63, 3.8) is 0 Å². The van der Waals surface area contributed by atoms with Gasteiger partial charge in [0.15, 0.2) is 0 Å². The van der Waals surface area contributed by atoms with Gasteiger partial charge in [-0.15, -0.1) is 6.58 Å². The lowest BCUT2D eigenvalue weighted by molar-refractivity contribution is 0.506. The van der Waals surface area contributed by atoms with E-state index in [0.29, 0.717) is 0 Å². The van der Waals surface area contributed by atoms with Gasteiger partial charge in [-0.2, -0.15) is 12.6 Å². The highest BCUT2D eigenvalue weighted by Gasteiger charge is 2.34. The fourth-order valence-corrected chi connectivity index (χ4v) is 2.52. The van der Waals surface area contributed by atoms with Gasteiger partial charge in [0.1, 0.15) is 0 Å². The van der Waals surface area contributed by atoms with Gasteiger partial charge in [-0.05, 0) is 49.2 Å². The second-order valence-corrected chi connectivity index (χ2v) is 5.56. The minimum absolute atomic E-state index is 0.809. The van der Waals surface area contributed by atoms with Gasteiger partial charge in [0.25, 0.3) is 0 Å². The molecular formula is C14H26S. The Kier molecular flexibility index (Phi) is 6.47. The molecule has 15 heavy (non-hydrogen) atoms. The molecule has 0 spiro atoms. The van der Waals surface area contributed by atoms with Gasteiger partial charge in [0.05, 0.1) is 0 Å². The summed E-state index contributed by atoms with van der Waals surface area (Å²) in [4.78, 5) is 0. The highest BCUT2D eigenvalue weighted by Crippen LogP contribution is 2.45. The van der Waals surface area contributed by atoms with Crippen LogP contribution in [0.25, 0.3) is 0 Å². The molecule has 0 aliphatic heterocycles. The monoisotopic (exact) mass is 226 g/mol. The van der Waals surface area contributed by atoms with Crippen LogP contribution in [0.2, 0.25) is 0 Å². The highest BCUT2D eigenvalue weighted by atomic mass is 32.1. The van der Waals surface area contributed by atoms with Crippen molar-refractivity contribution >= 4 is 12.6 Å². The van der Waals surface area contributed by atoms with E-state index in [9.17, 15) is 0 Å². The first kappa shape index (κ1) is 13.2. The average molecular weight is 226 g/mol. The molecule has 88 valence electrons. The summed E-state index contributed by atoms with van der Waals surface area (Å²) in [7, 11) is 0. The van der Waals surface area contributed by atoms with E-state index in [2.05, 4.69) is 32.2 Å². The third-order valence-corrected chi connectivity index (χ3v) is 4.27. The van der Waals surface area contributed by atoms with Crippen LogP contribution in [0.1, 0.15) is 51.9 Å². The second-order valence-electron chi connectivity index (χ2n) is 5.19. The maximum atomic E-state index is 4.31. The minimum atomic E-state index is 0.809. The Bertz CT molecular complexity index is 176. The quantitative estimate of drug-likeness (QED) is 0.328. The van der Waals surface area contributed by atoms with Gasteiger partial charge in [0.2, 0.25) is 0 Å². The van der Waals surface area contributed by atoms with Crippen LogP contribution >= 0.6 is 12.6 Å². The molecule has 1 heteroatoms. The Labute approximate surface area is 101 Å². The Hall–Kier alpha value is 0.0900. The normalized spacial score (nSPS) is 26.3.